The van der Waals surface area contributed by atoms with E-state index in [4.69, 9.17) is 0 Å². The molecule has 0 aliphatic rings. The first-order chi connectivity index (χ1) is 15.4. The van der Waals surface area contributed by atoms with Crippen molar-refractivity contribution in [2.24, 2.45) is 0 Å². The molecule has 0 atom stereocenters. The van der Waals surface area contributed by atoms with Crippen LogP contribution in [-0.4, -0.2) is 30.4 Å². The van der Waals surface area contributed by atoms with Crippen LogP contribution in [-0.2, 0) is 13.1 Å². The summed E-state index contributed by atoms with van der Waals surface area (Å²) in [6.07, 6.45) is 3.57. The number of aryl methyl sites for hydroxylation is 1. The molecular weight excluding hydrogens is 408 g/mol. The minimum atomic E-state index is -0.411. The van der Waals surface area contributed by atoms with Crippen LogP contribution in [0.4, 0.5) is 5.69 Å². The van der Waals surface area contributed by atoms with Gasteiger partial charge in [-0.15, -0.1) is 0 Å². The van der Waals surface area contributed by atoms with Gasteiger partial charge >= 0.3 is 5.69 Å². The maximum atomic E-state index is 12.6. The Balaban J connectivity index is 1.43. The van der Waals surface area contributed by atoms with E-state index in [0.29, 0.717) is 30.0 Å². The highest BCUT2D eigenvalue weighted by Gasteiger charge is 2.21. The van der Waals surface area contributed by atoms with E-state index in [1.54, 1.807) is 41.5 Å². The molecule has 9 heteroatoms. The highest BCUT2D eigenvalue weighted by molar-refractivity contribution is 5.94. The number of para-hydroxylation sites is 1. The van der Waals surface area contributed by atoms with Crippen molar-refractivity contribution in [3.05, 3.63) is 105 Å². The maximum absolute atomic E-state index is 12.6. The van der Waals surface area contributed by atoms with Crippen LogP contribution in [0.5, 0.6) is 0 Å². The Morgan fingerprint density at radius 2 is 1.84 bits per heavy atom. The van der Waals surface area contributed by atoms with Gasteiger partial charge in [-0.25, -0.2) is 4.68 Å². The van der Waals surface area contributed by atoms with Crippen LogP contribution in [0, 0.1) is 24.0 Å². The molecule has 0 unspecified atom stereocenters. The average Bonchev–Trinajstić information content (AvgIpc) is 3.41. The van der Waals surface area contributed by atoms with Gasteiger partial charge in [0, 0.05) is 24.5 Å². The molecule has 2 aromatic carbocycles. The zero-order chi connectivity index (χ0) is 22.7. The van der Waals surface area contributed by atoms with Crippen molar-refractivity contribution in [1.29, 1.82) is 0 Å². The number of nitrogens with one attached hydrogen (secondary N) is 1. The predicted molar refractivity (Wildman–Crippen MR) is 119 cm³/mol. The van der Waals surface area contributed by atoms with Crippen molar-refractivity contribution in [3.63, 3.8) is 0 Å². The molecule has 4 rings (SSSR count). The van der Waals surface area contributed by atoms with Gasteiger partial charge < -0.3 is 5.32 Å². The number of benzene rings is 2. The Morgan fingerprint density at radius 3 is 2.50 bits per heavy atom. The summed E-state index contributed by atoms with van der Waals surface area (Å²) in [4.78, 5) is 23.4. The van der Waals surface area contributed by atoms with E-state index >= 15 is 0 Å². The van der Waals surface area contributed by atoms with Gasteiger partial charge in [0.1, 0.15) is 11.4 Å². The molecule has 1 amide bonds. The van der Waals surface area contributed by atoms with Crippen molar-refractivity contribution >= 4 is 11.6 Å². The quantitative estimate of drug-likeness (QED) is 0.356. The number of hydrogen-bond donors (Lipinski definition) is 1. The number of nitro groups is 1. The lowest BCUT2D eigenvalue weighted by Crippen LogP contribution is -2.23. The fraction of sp³-hybridized carbons (Fsp3) is 0.174. The van der Waals surface area contributed by atoms with E-state index in [1.807, 2.05) is 48.7 Å². The first-order valence-electron chi connectivity index (χ1n) is 10.1. The summed E-state index contributed by atoms with van der Waals surface area (Å²) in [7, 11) is 0. The van der Waals surface area contributed by atoms with Gasteiger partial charge in [0.05, 0.1) is 17.2 Å². The third-order valence-corrected chi connectivity index (χ3v) is 5.26. The second-order valence-electron chi connectivity index (χ2n) is 7.39. The molecule has 1 N–H and O–H groups in total. The average molecular weight is 430 g/mol. The van der Waals surface area contributed by atoms with E-state index in [-0.39, 0.29) is 11.6 Å². The third kappa shape index (κ3) is 4.27. The molecule has 2 aromatic heterocycles. The lowest BCUT2D eigenvalue weighted by Gasteiger charge is -2.11. The van der Waals surface area contributed by atoms with Crippen LogP contribution in [0.15, 0.2) is 67.0 Å². The fourth-order valence-corrected chi connectivity index (χ4v) is 3.61. The van der Waals surface area contributed by atoms with Crippen LogP contribution < -0.4 is 5.32 Å². The Hall–Kier alpha value is -4.27. The van der Waals surface area contributed by atoms with Gasteiger partial charge in [-0.2, -0.15) is 10.2 Å². The van der Waals surface area contributed by atoms with Gasteiger partial charge in [0.2, 0.25) is 0 Å². The Bertz CT molecular complexity index is 1260. The summed E-state index contributed by atoms with van der Waals surface area (Å²) < 4.78 is 3.37. The smallest absolute Gasteiger partial charge is 0.312 e. The Morgan fingerprint density at radius 1 is 1.09 bits per heavy atom. The molecule has 4 aromatic rings. The summed E-state index contributed by atoms with van der Waals surface area (Å²) in [5.74, 6) is -0.187. The SMILES string of the molecule is Cc1nn(Cc2ccc(C(=O)NCc3ccccc3-n3cccn3)cc2)c(C)c1[N+](=O)[O-]. The molecule has 2 heterocycles. The van der Waals surface area contributed by atoms with Crippen molar-refractivity contribution in [3.8, 4) is 5.69 Å². The molecular formula is C23H22N6O3. The number of amides is 1. The van der Waals surface area contributed by atoms with E-state index in [9.17, 15) is 14.9 Å². The summed E-state index contributed by atoms with van der Waals surface area (Å²) in [5, 5.41) is 22.7. The first kappa shape index (κ1) is 21.0. The summed E-state index contributed by atoms with van der Waals surface area (Å²) in [6.45, 7) is 4.06. The Labute approximate surface area is 184 Å². The zero-order valence-electron chi connectivity index (χ0n) is 17.7. The van der Waals surface area contributed by atoms with Crippen LogP contribution in [0.1, 0.15) is 32.9 Å². The fourth-order valence-electron chi connectivity index (χ4n) is 3.61. The van der Waals surface area contributed by atoms with Gasteiger partial charge in [0.15, 0.2) is 0 Å². The van der Waals surface area contributed by atoms with Gasteiger partial charge in [-0.05, 0) is 49.2 Å². The van der Waals surface area contributed by atoms with E-state index in [1.165, 1.54) is 0 Å². The topological polar surface area (TPSA) is 108 Å². The van der Waals surface area contributed by atoms with Crippen LogP contribution in [0.25, 0.3) is 5.69 Å². The number of hydrogen-bond acceptors (Lipinski definition) is 5. The molecule has 162 valence electrons. The molecule has 9 nitrogen and oxygen atoms in total. The minimum absolute atomic E-state index is 0.0383. The molecule has 0 aliphatic carbocycles. The monoisotopic (exact) mass is 430 g/mol. The highest BCUT2D eigenvalue weighted by Crippen LogP contribution is 2.22. The number of nitrogens with zero attached hydrogens (tertiary/aromatic N) is 5. The Kier molecular flexibility index (Phi) is 5.80. The summed E-state index contributed by atoms with van der Waals surface area (Å²) >= 11 is 0. The molecule has 32 heavy (non-hydrogen) atoms. The molecule has 0 bridgehead atoms. The van der Waals surface area contributed by atoms with Crippen molar-refractivity contribution in [1.82, 2.24) is 24.9 Å². The normalized spacial score (nSPS) is 10.8. The van der Waals surface area contributed by atoms with Crippen LogP contribution >= 0.6 is 0 Å². The van der Waals surface area contributed by atoms with Crippen molar-refractivity contribution in [2.45, 2.75) is 26.9 Å². The van der Waals surface area contributed by atoms with Crippen LogP contribution in [0.3, 0.4) is 0 Å². The highest BCUT2D eigenvalue weighted by atomic mass is 16.6. The lowest BCUT2D eigenvalue weighted by atomic mass is 10.1. The molecule has 0 saturated carbocycles. The maximum Gasteiger partial charge on any atom is 0.312 e. The van der Waals surface area contributed by atoms with Gasteiger partial charge in [-0.3, -0.25) is 19.6 Å². The standard InChI is InChI=1S/C23H22N6O3/c1-16-22(29(31)32)17(2)28(26-16)15-18-8-10-19(11-9-18)23(30)24-14-20-6-3-4-7-21(20)27-13-5-12-25-27/h3-13H,14-15H2,1-2H3,(H,24,30). The van der Waals surface area contributed by atoms with E-state index < -0.39 is 4.92 Å². The van der Waals surface area contributed by atoms with Crippen molar-refractivity contribution < 1.29 is 9.72 Å². The number of carbonyl (C=O) groups excluding carboxylic acids is 1. The van der Waals surface area contributed by atoms with Gasteiger partial charge in [0.25, 0.3) is 5.91 Å². The van der Waals surface area contributed by atoms with Gasteiger partial charge in [-0.1, -0.05) is 30.3 Å². The first-order valence-corrected chi connectivity index (χ1v) is 10.1. The number of aromatic nitrogens is 4. The largest absolute Gasteiger partial charge is 0.348 e. The number of carbonyl (C=O) groups is 1. The minimum Gasteiger partial charge on any atom is -0.348 e. The molecule has 0 saturated heterocycles. The third-order valence-electron chi connectivity index (χ3n) is 5.26. The molecule has 0 aliphatic heterocycles. The van der Waals surface area contributed by atoms with E-state index in [2.05, 4.69) is 15.5 Å². The van der Waals surface area contributed by atoms with Crippen molar-refractivity contribution in [2.75, 3.05) is 0 Å². The zero-order valence-corrected chi connectivity index (χ0v) is 17.7. The molecule has 0 spiro atoms. The molecule has 0 radical (unpaired) electrons. The second-order valence-corrected chi connectivity index (χ2v) is 7.39. The van der Waals surface area contributed by atoms with E-state index in [0.717, 1.165) is 16.8 Å². The predicted octanol–water partition coefficient (Wildman–Crippen LogP) is 3.57. The lowest BCUT2D eigenvalue weighted by molar-refractivity contribution is -0.386. The summed E-state index contributed by atoms with van der Waals surface area (Å²) in [5.41, 5.74) is 4.22. The number of rotatable bonds is 7. The summed E-state index contributed by atoms with van der Waals surface area (Å²) in [6, 6.07) is 16.7. The molecule has 0 fully saturated rings. The second kappa shape index (κ2) is 8.84. The van der Waals surface area contributed by atoms with Crippen LogP contribution in [0.2, 0.25) is 0 Å².